The molecular formula is C6H6BrNO. The molecule has 1 rings (SSSR count). The van der Waals surface area contributed by atoms with Gasteiger partial charge in [-0.25, -0.2) is 4.98 Å². The summed E-state index contributed by atoms with van der Waals surface area (Å²) in [5, 5.41) is 8.96. The lowest BCUT2D eigenvalue weighted by Crippen LogP contribution is -1.77. The molecule has 0 fully saturated rings. The van der Waals surface area contributed by atoms with Crippen LogP contribution in [0, 0.1) is 6.92 Å². The molecule has 1 aromatic heterocycles. The van der Waals surface area contributed by atoms with E-state index in [-0.39, 0.29) is 5.75 Å². The van der Waals surface area contributed by atoms with E-state index in [4.69, 9.17) is 5.11 Å². The van der Waals surface area contributed by atoms with E-state index >= 15 is 0 Å². The molecule has 0 saturated heterocycles. The van der Waals surface area contributed by atoms with Crippen molar-refractivity contribution in [1.82, 2.24) is 4.98 Å². The van der Waals surface area contributed by atoms with Crippen LogP contribution in [0.1, 0.15) is 5.56 Å². The first-order valence-electron chi connectivity index (χ1n) is 2.51. The van der Waals surface area contributed by atoms with Crippen molar-refractivity contribution in [2.75, 3.05) is 0 Å². The first kappa shape index (κ1) is 6.55. The number of nitrogens with zero attached hydrogens (tertiary/aromatic N) is 1. The maximum atomic E-state index is 8.96. The van der Waals surface area contributed by atoms with Crippen LogP contribution in [0.2, 0.25) is 0 Å². The third-order valence-electron chi connectivity index (χ3n) is 1.05. The smallest absolute Gasteiger partial charge is 0.136 e. The van der Waals surface area contributed by atoms with E-state index in [2.05, 4.69) is 20.9 Å². The molecule has 48 valence electrons. The summed E-state index contributed by atoms with van der Waals surface area (Å²) in [4.78, 5) is 3.81. The Balaban J connectivity index is 3.17. The van der Waals surface area contributed by atoms with Crippen molar-refractivity contribution in [2.45, 2.75) is 6.92 Å². The van der Waals surface area contributed by atoms with Gasteiger partial charge >= 0.3 is 0 Å². The van der Waals surface area contributed by atoms with Crippen molar-refractivity contribution >= 4 is 15.9 Å². The molecule has 0 bridgehead atoms. The van der Waals surface area contributed by atoms with Gasteiger partial charge in [-0.1, -0.05) is 0 Å². The van der Waals surface area contributed by atoms with Crippen molar-refractivity contribution in [1.29, 1.82) is 0 Å². The summed E-state index contributed by atoms with van der Waals surface area (Å²) in [5.74, 6) is 0.234. The molecule has 0 saturated carbocycles. The first-order chi connectivity index (χ1) is 4.20. The van der Waals surface area contributed by atoms with Gasteiger partial charge in [-0.05, 0) is 34.5 Å². The molecule has 0 aliphatic rings. The van der Waals surface area contributed by atoms with Crippen LogP contribution in [0.4, 0.5) is 0 Å². The van der Waals surface area contributed by atoms with Gasteiger partial charge < -0.3 is 5.11 Å². The minimum absolute atomic E-state index is 0.234. The average Bonchev–Trinajstić information content (AvgIpc) is 1.80. The van der Waals surface area contributed by atoms with E-state index in [0.29, 0.717) is 0 Å². The van der Waals surface area contributed by atoms with E-state index in [9.17, 15) is 0 Å². The van der Waals surface area contributed by atoms with Crippen molar-refractivity contribution in [3.8, 4) is 5.75 Å². The molecule has 3 heteroatoms. The van der Waals surface area contributed by atoms with Crippen LogP contribution in [0.3, 0.4) is 0 Å². The van der Waals surface area contributed by atoms with Gasteiger partial charge in [-0.2, -0.15) is 0 Å². The Morgan fingerprint density at radius 1 is 1.67 bits per heavy atom. The SMILES string of the molecule is Cc1cc(Br)ncc1O. The minimum atomic E-state index is 0.234. The Morgan fingerprint density at radius 2 is 2.33 bits per heavy atom. The number of aryl methyl sites for hydroxylation is 1. The summed E-state index contributed by atoms with van der Waals surface area (Å²) >= 11 is 3.17. The highest BCUT2D eigenvalue weighted by atomic mass is 79.9. The van der Waals surface area contributed by atoms with Crippen molar-refractivity contribution < 1.29 is 5.11 Å². The fourth-order valence-corrected chi connectivity index (χ4v) is 0.960. The van der Waals surface area contributed by atoms with Gasteiger partial charge in [0.2, 0.25) is 0 Å². The third-order valence-corrected chi connectivity index (χ3v) is 1.48. The Bertz CT molecular complexity index is 224. The second kappa shape index (κ2) is 2.35. The van der Waals surface area contributed by atoms with E-state index in [1.54, 1.807) is 6.07 Å². The highest BCUT2D eigenvalue weighted by molar-refractivity contribution is 9.10. The number of aromatic hydroxyl groups is 1. The largest absolute Gasteiger partial charge is 0.506 e. The quantitative estimate of drug-likeness (QED) is 0.630. The lowest BCUT2D eigenvalue weighted by atomic mass is 10.3. The molecule has 0 atom stereocenters. The predicted octanol–water partition coefficient (Wildman–Crippen LogP) is 1.86. The molecule has 9 heavy (non-hydrogen) atoms. The van der Waals surface area contributed by atoms with Crippen molar-refractivity contribution in [3.63, 3.8) is 0 Å². The molecule has 0 spiro atoms. The first-order valence-corrected chi connectivity index (χ1v) is 3.30. The van der Waals surface area contributed by atoms with Gasteiger partial charge in [-0.3, -0.25) is 0 Å². The Labute approximate surface area is 61.7 Å². The Kier molecular flexibility index (Phi) is 1.71. The predicted molar refractivity (Wildman–Crippen MR) is 38.3 cm³/mol. The van der Waals surface area contributed by atoms with Gasteiger partial charge in [0.25, 0.3) is 0 Å². The second-order valence-electron chi connectivity index (χ2n) is 1.79. The zero-order chi connectivity index (χ0) is 6.85. The van der Waals surface area contributed by atoms with Gasteiger partial charge in [0.1, 0.15) is 10.4 Å². The van der Waals surface area contributed by atoms with Gasteiger partial charge in [0.05, 0.1) is 6.20 Å². The van der Waals surface area contributed by atoms with Gasteiger partial charge in [0, 0.05) is 0 Å². The lowest BCUT2D eigenvalue weighted by molar-refractivity contribution is 0.468. The Hall–Kier alpha value is -0.570. The summed E-state index contributed by atoms with van der Waals surface area (Å²) in [5.41, 5.74) is 0.830. The molecular weight excluding hydrogens is 182 g/mol. The molecule has 0 aliphatic carbocycles. The lowest BCUT2D eigenvalue weighted by Gasteiger charge is -1.95. The van der Waals surface area contributed by atoms with Gasteiger partial charge in [-0.15, -0.1) is 0 Å². The topological polar surface area (TPSA) is 33.1 Å². The molecule has 1 heterocycles. The molecule has 0 aromatic carbocycles. The molecule has 0 aliphatic heterocycles. The van der Waals surface area contributed by atoms with Crippen LogP contribution in [-0.2, 0) is 0 Å². The van der Waals surface area contributed by atoms with Crippen molar-refractivity contribution in [3.05, 3.63) is 22.4 Å². The van der Waals surface area contributed by atoms with Gasteiger partial charge in [0.15, 0.2) is 0 Å². The Morgan fingerprint density at radius 3 is 2.78 bits per heavy atom. The molecule has 0 radical (unpaired) electrons. The molecule has 0 amide bonds. The molecule has 2 nitrogen and oxygen atoms in total. The zero-order valence-corrected chi connectivity index (χ0v) is 6.51. The molecule has 1 aromatic rings. The second-order valence-corrected chi connectivity index (χ2v) is 2.61. The monoisotopic (exact) mass is 187 g/mol. The zero-order valence-electron chi connectivity index (χ0n) is 4.93. The third kappa shape index (κ3) is 1.42. The molecule has 0 unspecified atom stereocenters. The summed E-state index contributed by atoms with van der Waals surface area (Å²) in [6.07, 6.45) is 1.42. The van der Waals surface area contributed by atoms with Crippen molar-refractivity contribution in [2.24, 2.45) is 0 Å². The number of aromatic nitrogens is 1. The minimum Gasteiger partial charge on any atom is -0.506 e. The van der Waals surface area contributed by atoms with E-state index in [0.717, 1.165) is 10.2 Å². The fourth-order valence-electron chi connectivity index (χ4n) is 0.514. The van der Waals surface area contributed by atoms with E-state index in [1.165, 1.54) is 6.20 Å². The normalized spacial score (nSPS) is 9.56. The maximum absolute atomic E-state index is 8.96. The van der Waals surface area contributed by atoms with Crippen LogP contribution in [0.15, 0.2) is 16.9 Å². The highest BCUT2D eigenvalue weighted by Crippen LogP contribution is 2.16. The van der Waals surface area contributed by atoms with E-state index < -0.39 is 0 Å². The van der Waals surface area contributed by atoms with Crippen LogP contribution in [0.25, 0.3) is 0 Å². The summed E-state index contributed by atoms with van der Waals surface area (Å²) in [6, 6.07) is 1.76. The summed E-state index contributed by atoms with van der Waals surface area (Å²) in [7, 11) is 0. The summed E-state index contributed by atoms with van der Waals surface area (Å²) in [6.45, 7) is 1.82. The van der Waals surface area contributed by atoms with Crippen LogP contribution < -0.4 is 0 Å². The number of hydrogen-bond donors (Lipinski definition) is 1. The highest BCUT2D eigenvalue weighted by Gasteiger charge is 1.94. The number of rotatable bonds is 0. The average molecular weight is 188 g/mol. The number of pyridine rings is 1. The molecule has 1 N–H and O–H groups in total. The number of halogens is 1. The van der Waals surface area contributed by atoms with Crippen LogP contribution in [-0.4, -0.2) is 10.1 Å². The van der Waals surface area contributed by atoms with Crippen LogP contribution in [0.5, 0.6) is 5.75 Å². The standard InChI is InChI=1S/C6H6BrNO/c1-4-2-6(7)8-3-5(4)9/h2-3,9H,1H3. The summed E-state index contributed by atoms with van der Waals surface area (Å²) < 4.78 is 0.748. The fraction of sp³-hybridized carbons (Fsp3) is 0.167. The van der Waals surface area contributed by atoms with Crippen LogP contribution >= 0.6 is 15.9 Å². The number of hydrogen-bond acceptors (Lipinski definition) is 2. The maximum Gasteiger partial charge on any atom is 0.136 e. The van der Waals surface area contributed by atoms with E-state index in [1.807, 2.05) is 6.92 Å².